The number of rotatable bonds is 6. The fourth-order valence-electron chi connectivity index (χ4n) is 2.23. The summed E-state index contributed by atoms with van der Waals surface area (Å²) in [6.45, 7) is 2.10. The molecule has 0 heterocycles. The zero-order chi connectivity index (χ0) is 15.2. The Morgan fingerprint density at radius 1 is 1.10 bits per heavy atom. The summed E-state index contributed by atoms with van der Waals surface area (Å²) < 4.78 is 27.1. The predicted octanol–water partition coefficient (Wildman–Crippen LogP) is 5.96. The minimum atomic E-state index is -0.456. The molecule has 1 nitrogen and oxygen atoms in total. The molecule has 1 unspecified atom stereocenters. The predicted molar refractivity (Wildman–Crippen MR) is 83.7 cm³/mol. The Hall–Kier alpha value is -1.61. The third-order valence-corrected chi connectivity index (χ3v) is 3.69. The lowest BCUT2D eigenvalue weighted by Gasteiger charge is -2.21. The third-order valence-electron chi connectivity index (χ3n) is 3.40. The number of hydrogen-bond donors (Lipinski definition) is 1. The second kappa shape index (κ2) is 7.41. The van der Waals surface area contributed by atoms with Crippen molar-refractivity contribution in [2.24, 2.45) is 0 Å². The Morgan fingerprint density at radius 3 is 2.48 bits per heavy atom. The number of benzene rings is 2. The van der Waals surface area contributed by atoms with Crippen LogP contribution in [-0.4, -0.2) is 0 Å². The van der Waals surface area contributed by atoms with Gasteiger partial charge in [-0.2, -0.15) is 0 Å². The van der Waals surface area contributed by atoms with Gasteiger partial charge in [-0.25, -0.2) is 8.78 Å². The molecule has 0 aliphatic carbocycles. The lowest BCUT2D eigenvalue weighted by Crippen LogP contribution is -2.12. The Bertz CT molecular complexity index is 584. The van der Waals surface area contributed by atoms with Gasteiger partial charge in [0.2, 0.25) is 0 Å². The molecule has 0 fully saturated rings. The summed E-state index contributed by atoms with van der Waals surface area (Å²) in [5, 5.41) is 3.27. The van der Waals surface area contributed by atoms with Crippen LogP contribution >= 0.6 is 11.6 Å². The van der Waals surface area contributed by atoms with E-state index < -0.39 is 5.82 Å². The van der Waals surface area contributed by atoms with Crippen molar-refractivity contribution in [2.45, 2.75) is 32.2 Å². The minimum absolute atomic E-state index is 0.0708. The SMILES string of the molecule is CCCCC(Nc1cccc(Cl)c1F)c1ccc(F)cc1. The number of nitrogens with one attached hydrogen (secondary N) is 1. The summed E-state index contributed by atoms with van der Waals surface area (Å²) in [4.78, 5) is 0. The molecule has 112 valence electrons. The van der Waals surface area contributed by atoms with Crippen molar-refractivity contribution in [3.05, 3.63) is 64.7 Å². The molecule has 1 atom stereocenters. The van der Waals surface area contributed by atoms with Gasteiger partial charge in [0, 0.05) is 0 Å². The molecule has 0 spiro atoms. The van der Waals surface area contributed by atoms with E-state index >= 15 is 0 Å². The second-order valence-corrected chi connectivity index (χ2v) is 5.40. The molecule has 2 rings (SSSR count). The molecule has 0 radical (unpaired) electrons. The van der Waals surface area contributed by atoms with Gasteiger partial charge < -0.3 is 5.32 Å². The van der Waals surface area contributed by atoms with E-state index in [1.165, 1.54) is 18.2 Å². The first-order valence-corrected chi connectivity index (χ1v) is 7.45. The van der Waals surface area contributed by atoms with Gasteiger partial charge in [0.1, 0.15) is 5.82 Å². The maximum atomic E-state index is 14.0. The van der Waals surface area contributed by atoms with Gasteiger partial charge in [0.05, 0.1) is 16.8 Å². The van der Waals surface area contributed by atoms with Gasteiger partial charge in [-0.05, 0) is 36.2 Å². The lowest BCUT2D eigenvalue weighted by atomic mass is 10.0. The monoisotopic (exact) mass is 309 g/mol. The molecule has 2 aromatic carbocycles. The zero-order valence-corrected chi connectivity index (χ0v) is 12.6. The molecule has 21 heavy (non-hydrogen) atoms. The van der Waals surface area contributed by atoms with Crippen molar-refractivity contribution < 1.29 is 8.78 Å². The summed E-state index contributed by atoms with van der Waals surface area (Å²) in [6.07, 6.45) is 2.88. The van der Waals surface area contributed by atoms with Crippen LogP contribution in [-0.2, 0) is 0 Å². The minimum Gasteiger partial charge on any atom is -0.376 e. The average Bonchev–Trinajstić information content (AvgIpc) is 2.49. The van der Waals surface area contributed by atoms with Crippen LogP contribution in [0.4, 0.5) is 14.5 Å². The van der Waals surface area contributed by atoms with Crippen LogP contribution in [0.15, 0.2) is 42.5 Å². The largest absolute Gasteiger partial charge is 0.376 e. The van der Waals surface area contributed by atoms with Crippen LogP contribution in [0.1, 0.15) is 37.8 Å². The summed E-state index contributed by atoms with van der Waals surface area (Å²) in [6, 6.07) is 11.1. The molecule has 0 amide bonds. The maximum Gasteiger partial charge on any atom is 0.164 e. The summed E-state index contributed by atoms with van der Waals surface area (Å²) >= 11 is 5.80. The Kier molecular flexibility index (Phi) is 5.57. The van der Waals surface area contributed by atoms with E-state index in [0.29, 0.717) is 5.69 Å². The van der Waals surface area contributed by atoms with Crippen LogP contribution in [0, 0.1) is 11.6 Å². The van der Waals surface area contributed by atoms with Crippen molar-refractivity contribution in [1.29, 1.82) is 0 Å². The number of hydrogen-bond acceptors (Lipinski definition) is 1. The van der Waals surface area contributed by atoms with Gasteiger partial charge in [0.15, 0.2) is 5.82 Å². The van der Waals surface area contributed by atoms with E-state index in [2.05, 4.69) is 12.2 Å². The quantitative estimate of drug-likeness (QED) is 0.694. The van der Waals surface area contributed by atoms with Crippen LogP contribution in [0.3, 0.4) is 0 Å². The highest BCUT2D eigenvalue weighted by molar-refractivity contribution is 6.31. The Morgan fingerprint density at radius 2 is 1.81 bits per heavy atom. The van der Waals surface area contributed by atoms with E-state index in [4.69, 9.17) is 11.6 Å². The van der Waals surface area contributed by atoms with Crippen LogP contribution in [0.25, 0.3) is 0 Å². The smallest absolute Gasteiger partial charge is 0.164 e. The molecule has 2 aromatic rings. The highest BCUT2D eigenvalue weighted by atomic mass is 35.5. The molecular weight excluding hydrogens is 292 g/mol. The van der Waals surface area contributed by atoms with Gasteiger partial charge in [-0.3, -0.25) is 0 Å². The van der Waals surface area contributed by atoms with Crippen molar-refractivity contribution in [3.8, 4) is 0 Å². The first-order chi connectivity index (χ1) is 10.1. The van der Waals surface area contributed by atoms with E-state index in [0.717, 1.165) is 24.8 Å². The van der Waals surface area contributed by atoms with Crippen molar-refractivity contribution >= 4 is 17.3 Å². The zero-order valence-electron chi connectivity index (χ0n) is 11.9. The van der Waals surface area contributed by atoms with Crippen molar-refractivity contribution in [3.63, 3.8) is 0 Å². The first-order valence-electron chi connectivity index (χ1n) is 7.08. The maximum absolute atomic E-state index is 14.0. The molecule has 0 saturated heterocycles. The van der Waals surface area contributed by atoms with E-state index in [9.17, 15) is 8.78 Å². The van der Waals surface area contributed by atoms with Crippen LogP contribution in [0.5, 0.6) is 0 Å². The molecule has 0 bridgehead atoms. The van der Waals surface area contributed by atoms with E-state index in [1.54, 1.807) is 24.3 Å². The molecule has 0 aliphatic heterocycles. The van der Waals surface area contributed by atoms with E-state index in [-0.39, 0.29) is 16.9 Å². The topological polar surface area (TPSA) is 12.0 Å². The normalized spacial score (nSPS) is 12.2. The van der Waals surface area contributed by atoms with Gasteiger partial charge in [-0.15, -0.1) is 0 Å². The fourth-order valence-corrected chi connectivity index (χ4v) is 2.40. The van der Waals surface area contributed by atoms with E-state index in [1.807, 2.05) is 0 Å². The molecule has 1 N–H and O–H groups in total. The Labute approximate surface area is 128 Å². The summed E-state index contributed by atoms with van der Waals surface area (Å²) in [5.74, 6) is -0.732. The summed E-state index contributed by atoms with van der Waals surface area (Å²) in [5.41, 5.74) is 1.30. The highest BCUT2D eigenvalue weighted by Gasteiger charge is 2.14. The first kappa shape index (κ1) is 15.8. The number of anilines is 1. The van der Waals surface area contributed by atoms with Gasteiger partial charge in [0.25, 0.3) is 0 Å². The Balaban J connectivity index is 2.23. The molecule has 0 saturated carbocycles. The van der Waals surface area contributed by atoms with Crippen LogP contribution < -0.4 is 5.32 Å². The number of unbranched alkanes of at least 4 members (excludes halogenated alkanes) is 1. The average molecular weight is 310 g/mol. The molecule has 0 aliphatic rings. The molecule has 0 aromatic heterocycles. The summed E-state index contributed by atoms with van der Waals surface area (Å²) in [7, 11) is 0. The lowest BCUT2D eigenvalue weighted by molar-refractivity contribution is 0.603. The van der Waals surface area contributed by atoms with Gasteiger partial charge >= 0.3 is 0 Å². The second-order valence-electron chi connectivity index (χ2n) is 4.99. The standard InChI is InChI=1S/C17H18ClF2N/c1-2-3-6-15(12-8-10-13(19)11-9-12)21-16-7-4-5-14(18)17(16)20/h4-5,7-11,15,21H,2-3,6H2,1H3. The fraction of sp³-hybridized carbons (Fsp3) is 0.294. The van der Waals surface area contributed by atoms with Gasteiger partial charge in [-0.1, -0.05) is 49.6 Å². The van der Waals surface area contributed by atoms with Crippen LogP contribution in [0.2, 0.25) is 5.02 Å². The molecular formula is C17H18ClF2N. The number of halogens is 3. The molecule has 4 heteroatoms. The third kappa shape index (κ3) is 4.18. The van der Waals surface area contributed by atoms with Crippen molar-refractivity contribution in [2.75, 3.05) is 5.32 Å². The van der Waals surface area contributed by atoms with Crippen molar-refractivity contribution in [1.82, 2.24) is 0 Å². The highest BCUT2D eigenvalue weighted by Crippen LogP contribution is 2.29.